The minimum absolute atomic E-state index is 0.208. The number of carbonyl (C=O) groups excluding carboxylic acids is 1. The first-order chi connectivity index (χ1) is 12.4. The number of hydrogen-bond acceptors (Lipinski definition) is 3. The van der Waals surface area contributed by atoms with Gasteiger partial charge in [0.15, 0.2) is 0 Å². The molecule has 1 N–H and O–H groups in total. The molecule has 0 bridgehead atoms. The fraction of sp³-hybridized carbons (Fsp3) is 0.278. The highest BCUT2D eigenvalue weighted by Gasteiger charge is 2.30. The maximum atomic E-state index is 12.7. The van der Waals surface area contributed by atoms with Crippen molar-refractivity contribution >= 4 is 33.3 Å². The molecule has 2 aromatic carbocycles. The van der Waals surface area contributed by atoms with Gasteiger partial charge in [0.2, 0.25) is 10.0 Å². The average Bonchev–Trinajstić information content (AvgIpc) is 2.62. The summed E-state index contributed by atoms with van der Waals surface area (Å²) in [4.78, 5) is 14.2. The van der Waals surface area contributed by atoms with Crippen molar-refractivity contribution < 1.29 is 13.2 Å². The highest BCUT2D eigenvalue weighted by atomic mass is 35.5. The third-order valence-corrected chi connectivity index (χ3v) is 6.41. The summed E-state index contributed by atoms with van der Waals surface area (Å²) in [6.45, 7) is 3.14. The van der Waals surface area contributed by atoms with Crippen molar-refractivity contribution in [3.63, 3.8) is 0 Å². The lowest BCUT2D eigenvalue weighted by Gasteiger charge is -2.34. The lowest BCUT2D eigenvalue weighted by Crippen LogP contribution is -2.51. The zero-order valence-electron chi connectivity index (χ0n) is 14.4. The number of piperazine rings is 1. The molecule has 3 rings (SSSR count). The summed E-state index contributed by atoms with van der Waals surface area (Å²) in [6, 6.07) is 13.4. The Morgan fingerprint density at radius 1 is 1.04 bits per heavy atom. The summed E-state index contributed by atoms with van der Waals surface area (Å²) < 4.78 is 26.7. The van der Waals surface area contributed by atoms with E-state index in [1.807, 2.05) is 31.2 Å². The minimum Gasteiger partial charge on any atom is -0.322 e. The van der Waals surface area contributed by atoms with Crippen LogP contribution in [0, 0.1) is 6.92 Å². The Hall–Kier alpha value is -2.09. The van der Waals surface area contributed by atoms with Crippen LogP contribution in [0.3, 0.4) is 0 Å². The number of carbonyl (C=O) groups is 1. The molecule has 1 aliphatic rings. The van der Waals surface area contributed by atoms with Crippen LogP contribution >= 0.6 is 11.6 Å². The largest absolute Gasteiger partial charge is 0.322 e. The first-order valence-electron chi connectivity index (χ1n) is 8.24. The van der Waals surface area contributed by atoms with Gasteiger partial charge in [-0.2, -0.15) is 4.31 Å². The van der Waals surface area contributed by atoms with Crippen molar-refractivity contribution in [2.45, 2.75) is 11.8 Å². The number of nitrogens with zero attached hydrogens (tertiary/aromatic N) is 2. The van der Waals surface area contributed by atoms with Gasteiger partial charge in [-0.15, -0.1) is 0 Å². The van der Waals surface area contributed by atoms with Crippen LogP contribution in [0.1, 0.15) is 5.56 Å². The van der Waals surface area contributed by atoms with E-state index in [1.54, 1.807) is 17.0 Å². The van der Waals surface area contributed by atoms with Crippen molar-refractivity contribution in [3.8, 4) is 0 Å². The molecule has 0 unspecified atom stereocenters. The Morgan fingerprint density at radius 2 is 1.69 bits per heavy atom. The van der Waals surface area contributed by atoms with Crippen LogP contribution in [-0.4, -0.2) is 49.8 Å². The fourth-order valence-corrected chi connectivity index (χ4v) is 4.36. The Balaban J connectivity index is 1.61. The second-order valence-corrected chi connectivity index (χ2v) is 8.52. The molecule has 0 radical (unpaired) electrons. The van der Waals surface area contributed by atoms with Crippen LogP contribution in [0.2, 0.25) is 5.02 Å². The predicted molar refractivity (Wildman–Crippen MR) is 102 cm³/mol. The van der Waals surface area contributed by atoms with Crippen molar-refractivity contribution in [2.24, 2.45) is 0 Å². The Bertz CT molecular complexity index is 892. The molecule has 1 saturated heterocycles. The van der Waals surface area contributed by atoms with Crippen LogP contribution in [0.25, 0.3) is 0 Å². The van der Waals surface area contributed by atoms with E-state index in [0.29, 0.717) is 18.1 Å². The highest BCUT2D eigenvalue weighted by molar-refractivity contribution is 7.89. The summed E-state index contributed by atoms with van der Waals surface area (Å²) >= 11 is 5.82. The number of sulfonamides is 1. The molecule has 2 amide bonds. The minimum atomic E-state index is -3.58. The maximum absolute atomic E-state index is 12.7. The number of rotatable bonds is 3. The molecular formula is C18H20ClN3O3S. The number of aryl methyl sites for hydroxylation is 1. The van der Waals surface area contributed by atoms with E-state index in [2.05, 4.69) is 5.32 Å². The lowest BCUT2D eigenvalue weighted by atomic mass is 10.2. The molecule has 0 atom stereocenters. The van der Waals surface area contributed by atoms with E-state index in [9.17, 15) is 13.2 Å². The van der Waals surface area contributed by atoms with Gasteiger partial charge in [-0.3, -0.25) is 0 Å². The Kier molecular flexibility index (Phi) is 5.50. The summed E-state index contributed by atoms with van der Waals surface area (Å²) in [7, 11) is -3.58. The molecule has 8 heteroatoms. The van der Waals surface area contributed by atoms with Crippen LogP contribution in [0.4, 0.5) is 10.5 Å². The number of halogens is 1. The number of anilines is 1. The summed E-state index contributed by atoms with van der Waals surface area (Å²) in [5.74, 6) is 0. The van der Waals surface area contributed by atoms with E-state index < -0.39 is 10.0 Å². The zero-order chi connectivity index (χ0) is 18.7. The molecule has 1 heterocycles. The predicted octanol–water partition coefficient (Wildman–Crippen LogP) is 3.19. The van der Waals surface area contributed by atoms with Gasteiger partial charge in [0.05, 0.1) is 4.90 Å². The van der Waals surface area contributed by atoms with E-state index in [4.69, 9.17) is 11.6 Å². The number of nitrogens with one attached hydrogen (secondary N) is 1. The number of benzene rings is 2. The zero-order valence-corrected chi connectivity index (χ0v) is 15.9. The fourth-order valence-electron chi connectivity index (χ4n) is 2.81. The van der Waals surface area contributed by atoms with E-state index in [0.717, 1.165) is 11.3 Å². The van der Waals surface area contributed by atoms with Gasteiger partial charge >= 0.3 is 6.03 Å². The van der Waals surface area contributed by atoms with Crippen molar-refractivity contribution in [1.29, 1.82) is 0 Å². The number of amides is 2. The quantitative estimate of drug-likeness (QED) is 0.870. The molecule has 2 aromatic rings. The van der Waals surface area contributed by atoms with Crippen LogP contribution in [0.5, 0.6) is 0 Å². The molecule has 1 aliphatic heterocycles. The summed E-state index contributed by atoms with van der Waals surface area (Å²) in [6.07, 6.45) is 0. The number of urea groups is 1. The van der Waals surface area contributed by atoms with Gasteiger partial charge in [0, 0.05) is 36.9 Å². The average molecular weight is 394 g/mol. The van der Waals surface area contributed by atoms with E-state index in [-0.39, 0.29) is 24.0 Å². The monoisotopic (exact) mass is 393 g/mol. The Morgan fingerprint density at radius 3 is 2.31 bits per heavy atom. The SMILES string of the molecule is Cc1cccc(NC(=O)N2CCN(S(=O)(=O)c3ccc(Cl)cc3)CC2)c1. The summed E-state index contributed by atoms with van der Waals surface area (Å²) in [5.41, 5.74) is 1.79. The van der Waals surface area contributed by atoms with Gasteiger partial charge in [-0.1, -0.05) is 23.7 Å². The van der Waals surface area contributed by atoms with Crippen molar-refractivity contribution in [2.75, 3.05) is 31.5 Å². The van der Waals surface area contributed by atoms with E-state index >= 15 is 0 Å². The molecule has 1 fully saturated rings. The van der Waals surface area contributed by atoms with Gasteiger partial charge in [-0.25, -0.2) is 13.2 Å². The molecule has 0 aliphatic carbocycles. The lowest BCUT2D eigenvalue weighted by molar-refractivity contribution is 0.184. The van der Waals surface area contributed by atoms with Gasteiger partial charge in [0.1, 0.15) is 0 Å². The van der Waals surface area contributed by atoms with Crippen molar-refractivity contribution in [3.05, 3.63) is 59.1 Å². The smallest absolute Gasteiger partial charge is 0.321 e. The van der Waals surface area contributed by atoms with Crippen molar-refractivity contribution in [1.82, 2.24) is 9.21 Å². The number of hydrogen-bond donors (Lipinski definition) is 1. The first-order valence-corrected chi connectivity index (χ1v) is 10.1. The Labute approximate surface area is 158 Å². The molecule has 0 aromatic heterocycles. The summed E-state index contributed by atoms with van der Waals surface area (Å²) in [5, 5.41) is 3.34. The van der Waals surface area contributed by atoms with Gasteiger partial charge < -0.3 is 10.2 Å². The second kappa shape index (κ2) is 7.65. The first kappa shape index (κ1) is 18.7. The van der Waals surface area contributed by atoms with Crippen LogP contribution in [0.15, 0.2) is 53.4 Å². The standard InChI is InChI=1S/C18H20ClN3O3S/c1-14-3-2-4-16(13-14)20-18(23)21-9-11-22(12-10-21)26(24,25)17-7-5-15(19)6-8-17/h2-8,13H,9-12H2,1H3,(H,20,23). The molecule has 138 valence electrons. The maximum Gasteiger partial charge on any atom is 0.321 e. The topological polar surface area (TPSA) is 69.7 Å². The highest BCUT2D eigenvalue weighted by Crippen LogP contribution is 2.20. The van der Waals surface area contributed by atoms with Crippen LogP contribution < -0.4 is 5.32 Å². The molecule has 26 heavy (non-hydrogen) atoms. The molecule has 0 saturated carbocycles. The second-order valence-electron chi connectivity index (χ2n) is 6.14. The molecule has 0 spiro atoms. The third kappa shape index (κ3) is 4.17. The third-order valence-electron chi connectivity index (χ3n) is 4.25. The van der Waals surface area contributed by atoms with E-state index in [1.165, 1.54) is 16.4 Å². The van der Waals surface area contributed by atoms with Gasteiger partial charge in [-0.05, 0) is 48.9 Å². The normalized spacial score (nSPS) is 15.7. The molecular weight excluding hydrogens is 374 g/mol. The molecule has 6 nitrogen and oxygen atoms in total. The van der Waals surface area contributed by atoms with Gasteiger partial charge in [0.25, 0.3) is 0 Å². The van der Waals surface area contributed by atoms with Crippen LogP contribution in [-0.2, 0) is 10.0 Å².